The van der Waals surface area contributed by atoms with Crippen molar-refractivity contribution in [3.8, 4) is 0 Å². The third-order valence-electron chi connectivity index (χ3n) is 3.61. The van der Waals surface area contributed by atoms with Crippen LogP contribution < -0.4 is 10.2 Å². The van der Waals surface area contributed by atoms with E-state index < -0.39 is 0 Å². The second-order valence-electron chi connectivity index (χ2n) is 4.65. The van der Waals surface area contributed by atoms with E-state index in [0.29, 0.717) is 0 Å². The smallest absolute Gasteiger partial charge is 0.236 e. The number of hydrogen-bond acceptors (Lipinski definition) is 3. The molecule has 0 aliphatic carbocycles. The van der Waals surface area contributed by atoms with E-state index in [0.717, 1.165) is 26.2 Å². The molecule has 1 aromatic carbocycles. The lowest BCUT2D eigenvalue weighted by Gasteiger charge is -2.38. The number of anilines is 1. The summed E-state index contributed by atoms with van der Waals surface area (Å²) in [7, 11) is 1.69. The lowest BCUT2D eigenvalue weighted by Crippen LogP contribution is -2.53. The van der Waals surface area contributed by atoms with Gasteiger partial charge in [-0.05, 0) is 19.1 Å². The van der Waals surface area contributed by atoms with Gasteiger partial charge >= 0.3 is 0 Å². The SMILES string of the molecule is CNC(=O)[C@H](C)N1CCN(c2ccccc2)CC1. The van der Waals surface area contributed by atoms with E-state index >= 15 is 0 Å². The fourth-order valence-corrected chi connectivity index (χ4v) is 2.38. The summed E-state index contributed by atoms with van der Waals surface area (Å²) in [6.07, 6.45) is 0. The molecule has 1 atom stereocenters. The summed E-state index contributed by atoms with van der Waals surface area (Å²) in [5.74, 6) is 0.100. The molecule has 98 valence electrons. The number of benzene rings is 1. The molecule has 1 amide bonds. The average molecular weight is 247 g/mol. The molecule has 1 aliphatic rings. The lowest BCUT2D eigenvalue weighted by atomic mass is 10.2. The van der Waals surface area contributed by atoms with E-state index in [9.17, 15) is 4.79 Å². The van der Waals surface area contributed by atoms with Crippen LogP contribution in [-0.4, -0.2) is 50.1 Å². The monoisotopic (exact) mass is 247 g/mol. The van der Waals surface area contributed by atoms with Crippen LogP contribution in [0.5, 0.6) is 0 Å². The molecule has 1 aromatic rings. The Bertz CT molecular complexity index is 385. The first kappa shape index (κ1) is 12.9. The summed E-state index contributed by atoms with van der Waals surface area (Å²) < 4.78 is 0. The molecule has 1 heterocycles. The van der Waals surface area contributed by atoms with Crippen molar-refractivity contribution in [1.82, 2.24) is 10.2 Å². The van der Waals surface area contributed by atoms with Gasteiger partial charge in [-0.1, -0.05) is 18.2 Å². The van der Waals surface area contributed by atoms with Gasteiger partial charge in [0, 0.05) is 38.9 Å². The molecule has 1 N–H and O–H groups in total. The number of piperazine rings is 1. The molecule has 1 fully saturated rings. The van der Waals surface area contributed by atoms with E-state index in [-0.39, 0.29) is 11.9 Å². The van der Waals surface area contributed by atoms with Crippen molar-refractivity contribution in [1.29, 1.82) is 0 Å². The van der Waals surface area contributed by atoms with Crippen molar-refractivity contribution in [2.45, 2.75) is 13.0 Å². The zero-order valence-electron chi connectivity index (χ0n) is 11.1. The maximum atomic E-state index is 11.6. The van der Waals surface area contributed by atoms with Crippen LogP contribution in [0.3, 0.4) is 0 Å². The Kier molecular flexibility index (Phi) is 4.20. The van der Waals surface area contributed by atoms with Crippen LogP contribution in [0.15, 0.2) is 30.3 Å². The first-order chi connectivity index (χ1) is 8.72. The zero-order valence-corrected chi connectivity index (χ0v) is 11.1. The average Bonchev–Trinajstić information content (AvgIpc) is 2.47. The van der Waals surface area contributed by atoms with Gasteiger partial charge < -0.3 is 10.2 Å². The van der Waals surface area contributed by atoms with E-state index in [2.05, 4.69) is 39.4 Å². The third-order valence-corrected chi connectivity index (χ3v) is 3.61. The molecule has 0 aromatic heterocycles. The molecular weight excluding hydrogens is 226 g/mol. The molecule has 0 unspecified atom stereocenters. The van der Waals surface area contributed by atoms with Gasteiger partial charge in [0.2, 0.25) is 5.91 Å². The van der Waals surface area contributed by atoms with E-state index in [4.69, 9.17) is 0 Å². The van der Waals surface area contributed by atoms with Gasteiger partial charge in [0.25, 0.3) is 0 Å². The minimum atomic E-state index is -0.0343. The van der Waals surface area contributed by atoms with Crippen LogP contribution in [0.1, 0.15) is 6.92 Å². The zero-order chi connectivity index (χ0) is 13.0. The van der Waals surface area contributed by atoms with Gasteiger partial charge in [-0.15, -0.1) is 0 Å². The first-order valence-electron chi connectivity index (χ1n) is 6.48. The number of amides is 1. The maximum absolute atomic E-state index is 11.6. The van der Waals surface area contributed by atoms with Crippen LogP contribution in [-0.2, 0) is 4.79 Å². The van der Waals surface area contributed by atoms with Crippen molar-refractivity contribution >= 4 is 11.6 Å². The number of carbonyl (C=O) groups excluding carboxylic acids is 1. The van der Waals surface area contributed by atoms with E-state index in [1.54, 1.807) is 7.05 Å². The number of nitrogens with one attached hydrogen (secondary N) is 1. The molecular formula is C14H21N3O. The molecule has 1 saturated heterocycles. The molecule has 4 nitrogen and oxygen atoms in total. The van der Waals surface area contributed by atoms with Crippen molar-refractivity contribution in [3.63, 3.8) is 0 Å². The summed E-state index contributed by atoms with van der Waals surface area (Å²) in [6, 6.07) is 10.4. The minimum Gasteiger partial charge on any atom is -0.369 e. The number of likely N-dealkylation sites (N-methyl/N-ethyl adjacent to an activating group) is 1. The van der Waals surface area contributed by atoms with Crippen LogP contribution >= 0.6 is 0 Å². The fourth-order valence-electron chi connectivity index (χ4n) is 2.38. The van der Waals surface area contributed by atoms with E-state index in [1.165, 1.54) is 5.69 Å². The van der Waals surface area contributed by atoms with Crippen LogP contribution in [0.25, 0.3) is 0 Å². The molecule has 18 heavy (non-hydrogen) atoms. The lowest BCUT2D eigenvalue weighted by molar-refractivity contribution is -0.125. The highest BCUT2D eigenvalue weighted by Crippen LogP contribution is 2.16. The molecule has 2 rings (SSSR count). The first-order valence-corrected chi connectivity index (χ1v) is 6.48. The minimum absolute atomic E-state index is 0.0343. The van der Waals surface area contributed by atoms with Crippen LogP contribution in [0, 0.1) is 0 Å². The Morgan fingerprint density at radius 2 is 1.78 bits per heavy atom. The van der Waals surface area contributed by atoms with Gasteiger partial charge in [-0.25, -0.2) is 0 Å². The molecule has 0 bridgehead atoms. The van der Waals surface area contributed by atoms with Crippen LogP contribution in [0.4, 0.5) is 5.69 Å². The standard InChI is InChI=1S/C14H21N3O/c1-12(14(18)15-2)16-8-10-17(11-9-16)13-6-4-3-5-7-13/h3-7,12H,8-11H2,1-2H3,(H,15,18)/t12-/m0/s1. The number of para-hydroxylation sites is 1. The number of carbonyl (C=O) groups is 1. The van der Waals surface area contributed by atoms with Gasteiger partial charge in [-0.2, -0.15) is 0 Å². The molecule has 0 radical (unpaired) electrons. The van der Waals surface area contributed by atoms with Crippen LogP contribution in [0.2, 0.25) is 0 Å². The number of hydrogen-bond donors (Lipinski definition) is 1. The topological polar surface area (TPSA) is 35.6 Å². The summed E-state index contributed by atoms with van der Waals surface area (Å²) in [5.41, 5.74) is 1.27. The van der Waals surface area contributed by atoms with E-state index in [1.807, 2.05) is 13.0 Å². The van der Waals surface area contributed by atoms with Gasteiger partial charge in [0.1, 0.15) is 0 Å². The molecule has 4 heteroatoms. The Morgan fingerprint density at radius 3 is 2.33 bits per heavy atom. The predicted octanol–water partition coefficient (Wildman–Crippen LogP) is 0.943. The Morgan fingerprint density at radius 1 is 1.17 bits per heavy atom. The summed E-state index contributed by atoms with van der Waals surface area (Å²) in [5, 5.41) is 2.71. The predicted molar refractivity (Wildman–Crippen MR) is 73.8 cm³/mol. The Hall–Kier alpha value is -1.55. The number of rotatable bonds is 3. The summed E-state index contributed by atoms with van der Waals surface area (Å²) in [6.45, 7) is 5.79. The molecule has 0 spiro atoms. The molecule has 0 saturated carbocycles. The summed E-state index contributed by atoms with van der Waals surface area (Å²) in [4.78, 5) is 16.2. The van der Waals surface area contributed by atoms with Crippen molar-refractivity contribution in [3.05, 3.63) is 30.3 Å². The second-order valence-corrected chi connectivity index (χ2v) is 4.65. The third kappa shape index (κ3) is 2.82. The second kappa shape index (κ2) is 5.87. The normalized spacial score (nSPS) is 18.4. The number of nitrogens with zero attached hydrogens (tertiary/aromatic N) is 2. The Balaban J connectivity index is 1.90. The maximum Gasteiger partial charge on any atom is 0.236 e. The van der Waals surface area contributed by atoms with Crippen molar-refractivity contribution in [2.75, 3.05) is 38.1 Å². The largest absolute Gasteiger partial charge is 0.369 e. The van der Waals surface area contributed by atoms with Gasteiger partial charge in [-0.3, -0.25) is 9.69 Å². The summed E-state index contributed by atoms with van der Waals surface area (Å²) >= 11 is 0. The fraction of sp³-hybridized carbons (Fsp3) is 0.500. The highest BCUT2D eigenvalue weighted by atomic mass is 16.2. The van der Waals surface area contributed by atoms with Crippen molar-refractivity contribution < 1.29 is 4.79 Å². The highest BCUT2D eigenvalue weighted by Gasteiger charge is 2.24. The highest BCUT2D eigenvalue weighted by molar-refractivity contribution is 5.81. The molecule has 1 aliphatic heterocycles. The van der Waals surface area contributed by atoms with Gasteiger partial charge in [0.15, 0.2) is 0 Å². The Labute approximate surface area is 109 Å². The van der Waals surface area contributed by atoms with Gasteiger partial charge in [0.05, 0.1) is 6.04 Å². The van der Waals surface area contributed by atoms with Crippen molar-refractivity contribution in [2.24, 2.45) is 0 Å². The quantitative estimate of drug-likeness (QED) is 0.863.